The zero-order chi connectivity index (χ0) is 17.3. The number of rotatable bonds is 3. The van der Waals surface area contributed by atoms with Crippen molar-refractivity contribution in [2.45, 2.75) is 12.7 Å². The summed E-state index contributed by atoms with van der Waals surface area (Å²) < 4.78 is 39.7. The lowest BCUT2D eigenvalue weighted by atomic mass is 10.1. The van der Waals surface area contributed by atoms with Crippen molar-refractivity contribution in [1.29, 1.82) is 10.9 Å². The van der Waals surface area contributed by atoms with Crippen molar-refractivity contribution in [1.82, 2.24) is 4.57 Å². The van der Waals surface area contributed by atoms with E-state index in [1.54, 1.807) is 12.1 Å². The van der Waals surface area contributed by atoms with Gasteiger partial charge in [0.1, 0.15) is 0 Å². The van der Waals surface area contributed by atoms with E-state index in [1.807, 2.05) is 22.9 Å². The summed E-state index contributed by atoms with van der Waals surface area (Å²) in [5.74, 6) is -0.118. The van der Waals surface area contributed by atoms with Gasteiger partial charge in [0.05, 0.1) is 5.56 Å². The first kappa shape index (κ1) is 15.9. The van der Waals surface area contributed by atoms with E-state index in [9.17, 15) is 13.2 Å². The van der Waals surface area contributed by atoms with Gasteiger partial charge in [-0.15, -0.1) is 5.11 Å². The Kier molecular flexibility index (Phi) is 3.92. The fourth-order valence-corrected chi connectivity index (χ4v) is 2.55. The van der Waals surface area contributed by atoms with Gasteiger partial charge in [0.25, 0.3) is 0 Å². The molecule has 0 amide bonds. The van der Waals surface area contributed by atoms with Crippen LogP contribution in [0.3, 0.4) is 0 Å². The Labute approximate surface area is 135 Å². The molecule has 24 heavy (non-hydrogen) atoms. The first-order valence-corrected chi connectivity index (χ1v) is 7.10. The normalized spacial score (nSPS) is 11.6. The van der Waals surface area contributed by atoms with Crippen LogP contribution in [0.15, 0.2) is 59.8 Å². The molecule has 0 aliphatic carbocycles. The zero-order valence-electron chi connectivity index (χ0n) is 12.4. The highest BCUT2D eigenvalue weighted by Crippen LogP contribution is 2.29. The third kappa shape index (κ3) is 3.05. The third-order valence-corrected chi connectivity index (χ3v) is 3.79. The average molecular weight is 330 g/mol. The highest BCUT2D eigenvalue weighted by atomic mass is 19.4. The molecule has 0 aliphatic rings. The molecule has 2 aromatic carbocycles. The van der Waals surface area contributed by atoms with Crippen LogP contribution in [0.2, 0.25) is 0 Å². The van der Waals surface area contributed by atoms with Gasteiger partial charge in [0.2, 0.25) is 0 Å². The number of amidine groups is 1. The number of fused-ring (bicyclic) bond motifs is 1. The van der Waals surface area contributed by atoms with Crippen molar-refractivity contribution in [3.63, 3.8) is 0 Å². The molecule has 0 atom stereocenters. The van der Waals surface area contributed by atoms with Gasteiger partial charge in [-0.25, -0.2) is 5.53 Å². The maximum absolute atomic E-state index is 12.6. The van der Waals surface area contributed by atoms with E-state index < -0.39 is 11.7 Å². The summed E-state index contributed by atoms with van der Waals surface area (Å²) in [6.45, 7) is 0.446. The Hall–Kier alpha value is -2.96. The summed E-state index contributed by atoms with van der Waals surface area (Å²) in [6.07, 6.45) is -2.49. The van der Waals surface area contributed by atoms with E-state index in [0.717, 1.165) is 28.6 Å². The number of hydrogen-bond donors (Lipinski definition) is 2. The molecule has 1 heterocycles. The fourth-order valence-electron chi connectivity index (χ4n) is 2.55. The van der Waals surface area contributed by atoms with Crippen LogP contribution in [-0.4, -0.2) is 10.4 Å². The molecule has 0 fully saturated rings. The summed E-state index contributed by atoms with van der Waals surface area (Å²) in [6, 6.07) is 12.2. The largest absolute Gasteiger partial charge is 0.416 e. The van der Waals surface area contributed by atoms with Gasteiger partial charge in [-0.1, -0.05) is 12.1 Å². The summed E-state index contributed by atoms with van der Waals surface area (Å²) in [7, 11) is 0. The van der Waals surface area contributed by atoms with Crippen LogP contribution in [0, 0.1) is 10.9 Å². The summed E-state index contributed by atoms with van der Waals surface area (Å²) in [4.78, 5) is 0. The predicted octanol–water partition coefficient (Wildman–Crippen LogP) is 5.06. The molecule has 0 saturated heterocycles. The van der Waals surface area contributed by atoms with Crippen molar-refractivity contribution in [3.8, 4) is 0 Å². The molecule has 4 nitrogen and oxygen atoms in total. The summed E-state index contributed by atoms with van der Waals surface area (Å²) in [5, 5.41) is 11.5. The van der Waals surface area contributed by atoms with Gasteiger partial charge < -0.3 is 4.57 Å². The summed E-state index contributed by atoms with van der Waals surface area (Å²) >= 11 is 0. The van der Waals surface area contributed by atoms with Crippen LogP contribution in [0.5, 0.6) is 0 Å². The first-order valence-electron chi connectivity index (χ1n) is 7.10. The molecule has 0 bridgehead atoms. The smallest absolute Gasteiger partial charge is 0.343 e. The monoisotopic (exact) mass is 330 g/mol. The van der Waals surface area contributed by atoms with E-state index in [1.165, 1.54) is 12.1 Å². The molecule has 0 unspecified atom stereocenters. The highest BCUT2D eigenvalue weighted by molar-refractivity contribution is 5.99. The second kappa shape index (κ2) is 5.92. The molecular weight excluding hydrogens is 317 g/mol. The molecule has 7 heteroatoms. The molecular formula is C17H13F3N4. The van der Waals surface area contributed by atoms with E-state index in [-0.39, 0.29) is 5.84 Å². The maximum atomic E-state index is 12.6. The van der Waals surface area contributed by atoms with Crippen LogP contribution in [-0.2, 0) is 12.7 Å². The topological polar surface area (TPSA) is 65.0 Å². The minimum absolute atomic E-state index is 0.118. The van der Waals surface area contributed by atoms with Crippen molar-refractivity contribution in [3.05, 3.63) is 71.4 Å². The number of benzene rings is 2. The van der Waals surface area contributed by atoms with E-state index in [2.05, 4.69) is 5.11 Å². The van der Waals surface area contributed by atoms with Crippen molar-refractivity contribution in [2.75, 3.05) is 0 Å². The molecule has 2 N–H and O–H groups in total. The maximum Gasteiger partial charge on any atom is 0.416 e. The lowest BCUT2D eigenvalue weighted by molar-refractivity contribution is -0.137. The second-order valence-corrected chi connectivity index (χ2v) is 5.37. The molecule has 0 radical (unpaired) electrons. The quantitative estimate of drug-likeness (QED) is 0.383. The van der Waals surface area contributed by atoms with Gasteiger partial charge >= 0.3 is 6.18 Å². The van der Waals surface area contributed by atoms with Crippen LogP contribution in [0.1, 0.15) is 16.7 Å². The number of nitrogens with zero attached hydrogens (tertiary/aromatic N) is 2. The minimum Gasteiger partial charge on any atom is -0.343 e. The number of aromatic nitrogens is 1. The SMILES string of the molecule is N=NC(=N)c1ccc2c(ccn2Cc2ccc(C(F)(F)F)cc2)c1. The van der Waals surface area contributed by atoms with Gasteiger partial charge in [-0.3, -0.25) is 5.41 Å². The third-order valence-electron chi connectivity index (χ3n) is 3.79. The first-order chi connectivity index (χ1) is 11.4. The van der Waals surface area contributed by atoms with Gasteiger partial charge in [-0.05, 0) is 42.0 Å². The van der Waals surface area contributed by atoms with Crippen LogP contribution in [0.4, 0.5) is 13.2 Å². The predicted molar refractivity (Wildman–Crippen MR) is 84.5 cm³/mol. The van der Waals surface area contributed by atoms with E-state index in [0.29, 0.717) is 12.1 Å². The number of hydrogen-bond acceptors (Lipinski definition) is 2. The Bertz CT molecular complexity index is 908. The van der Waals surface area contributed by atoms with E-state index >= 15 is 0 Å². The number of halogens is 3. The lowest BCUT2D eigenvalue weighted by Crippen LogP contribution is -2.05. The highest BCUT2D eigenvalue weighted by Gasteiger charge is 2.29. The number of nitrogens with one attached hydrogen (secondary N) is 2. The molecule has 0 aliphatic heterocycles. The second-order valence-electron chi connectivity index (χ2n) is 5.37. The lowest BCUT2D eigenvalue weighted by Gasteiger charge is -2.09. The van der Waals surface area contributed by atoms with Crippen LogP contribution in [0.25, 0.3) is 10.9 Å². The van der Waals surface area contributed by atoms with Crippen LogP contribution >= 0.6 is 0 Å². The molecule has 3 rings (SSSR count). The molecule has 3 aromatic rings. The number of alkyl halides is 3. The van der Waals surface area contributed by atoms with E-state index in [4.69, 9.17) is 10.9 Å². The molecule has 0 saturated carbocycles. The molecule has 122 valence electrons. The Morgan fingerprint density at radius 3 is 2.38 bits per heavy atom. The Morgan fingerprint density at radius 1 is 1.04 bits per heavy atom. The zero-order valence-corrected chi connectivity index (χ0v) is 12.4. The van der Waals surface area contributed by atoms with Gasteiger partial charge in [0.15, 0.2) is 5.84 Å². The van der Waals surface area contributed by atoms with Crippen molar-refractivity contribution in [2.24, 2.45) is 5.11 Å². The standard InChI is InChI=1S/C17H13F3N4/c18-17(19,20)14-4-1-11(2-5-14)10-24-8-7-12-9-13(16(21)23-22)3-6-15(12)24/h1-9,21-22H,10H2. The Balaban J connectivity index is 1.88. The minimum atomic E-state index is -4.33. The van der Waals surface area contributed by atoms with Crippen LogP contribution < -0.4 is 0 Å². The van der Waals surface area contributed by atoms with Gasteiger partial charge in [0, 0.05) is 29.2 Å². The molecule has 0 spiro atoms. The summed E-state index contributed by atoms with van der Waals surface area (Å²) in [5.41, 5.74) is 8.43. The fraction of sp³-hybridized carbons (Fsp3) is 0.118. The van der Waals surface area contributed by atoms with Crippen molar-refractivity contribution < 1.29 is 13.2 Å². The molecule has 1 aromatic heterocycles. The van der Waals surface area contributed by atoms with Crippen molar-refractivity contribution >= 4 is 16.7 Å². The average Bonchev–Trinajstić information content (AvgIpc) is 2.96. The van der Waals surface area contributed by atoms with Gasteiger partial charge in [-0.2, -0.15) is 13.2 Å². The Morgan fingerprint density at radius 2 is 1.75 bits per heavy atom.